The summed E-state index contributed by atoms with van der Waals surface area (Å²) in [5.41, 5.74) is 2.50. The molecule has 1 heterocycles. The predicted molar refractivity (Wildman–Crippen MR) is 183 cm³/mol. The van der Waals surface area contributed by atoms with E-state index in [1.807, 2.05) is 12.1 Å². The molecule has 0 spiro atoms. The number of carbonyl (C=O) groups excluding carboxylic acids is 5. The number of benzene rings is 1. The average Bonchev–Trinajstić information content (AvgIpc) is 3.74. The van der Waals surface area contributed by atoms with Crippen LogP contribution in [0.2, 0.25) is 0 Å². The van der Waals surface area contributed by atoms with E-state index in [2.05, 4.69) is 46.6 Å². The number of nitrogens with zero attached hydrogens (tertiary/aromatic N) is 1. The molecule has 1 unspecified atom stereocenters. The number of Topliss-reactive ketones (excluding diaryl/α,β-unsaturated/α-hetero) is 1. The standard InChI is InChI=1S/C38H51N5O5/c1-3-5-11-30(33(44)35(46)39-13-4-2)41-34(45)31-12-8-14-43(31)36(47)32(29-18-27-9-6-7-10-28(27)19-29)42-37(48)40-23-38-20-24-15-25(21-38)17-26(16-24)22-38/h3-4,6-7,9-10,24-26,29-32H,1-2,5,8,11-23H2,(H,39,46)(H,41,45)(H2,40,42,48)/t24?,25?,26?,30?,31-,32-,38?/m0/s1. The Bertz CT molecular complexity index is 1380. The molecule has 3 atom stereocenters. The lowest BCUT2D eigenvalue weighted by Gasteiger charge is -2.56. The number of urea groups is 1. The van der Waals surface area contributed by atoms with Crippen LogP contribution in [0.25, 0.3) is 0 Å². The fourth-order valence-electron chi connectivity index (χ4n) is 9.89. The largest absolute Gasteiger partial charge is 0.346 e. The predicted octanol–water partition coefficient (Wildman–Crippen LogP) is 3.60. The zero-order valence-corrected chi connectivity index (χ0v) is 28.0. The Balaban J connectivity index is 1.14. The van der Waals surface area contributed by atoms with Crippen LogP contribution in [0.15, 0.2) is 49.6 Å². The van der Waals surface area contributed by atoms with E-state index in [1.165, 1.54) is 55.7 Å². The number of hydrogen-bond donors (Lipinski definition) is 4. The van der Waals surface area contributed by atoms with Crippen LogP contribution in [0.5, 0.6) is 0 Å². The Hall–Kier alpha value is -3.95. The molecular formula is C38H51N5O5. The van der Waals surface area contributed by atoms with Crippen molar-refractivity contribution in [1.82, 2.24) is 26.2 Å². The SMILES string of the molecule is C=CCCC(NC(=O)[C@@H]1CCCN1C(=O)[C@@H](NC(=O)NCC12CC3CC(CC(C3)C1)C2)C1Cc2ccccc2C1)C(=O)C(=O)NCC=C. The molecule has 1 aliphatic heterocycles. The van der Waals surface area contributed by atoms with Crippen molar-refractivity contribution < 1.29 is 24.0 Å². The van der Waals surface area contributed by atoms with Gasteiger partial charge in [0, 0.05) is 19.6 Å². The van der Waals surface area contributed by atoms with Crippen LogP contribution >= 0.6 is 0 Å². The Labute approximate surface area is 283 Å². The first-order chi connectivity index (χ1) is 23.2. The highest BCUT2D eigenvalue weighted by atomic mass is 16.2. The average molecular weight is 658 g/mol. The first-order valence-electron chi connectivity index (χ1n) is 17.9. The first kappa shape index (κ1) is 33.9. The van der Waals surface area contributed by atoms with Crippen molar-refractivity contribution >= 4 is 29.5 Å². The van der Waals surface area contributed by atoms with Crippen LogP contribution in [0.1, 0.15) is 75.3 Å². The van der Waals surface area contributed by atoms with Gasteiger partial charge in [-0.05, 0) is 117 Å². The molecule has 7 rings (SSSR count). The molecule has 4 N–H and O–H groups in total. The second-order valence-corrected chi connectivity index (χ2v) is 15.1. The zero-order valence-electron chi connectivity index (χ0n) is 28.0. The van der Waals surface area contributed by atoms with Gasteiger partial charge in [0.1, 0.15) is 12.1 Å². The van der Waals surface area contributed by atoms with Crippen molar-refractivity contribution in [2.45, 2.75) is 95.2 Å². The van der Waals surface area contributed by atoms with Crippen molar-refractivity contribution in [1.29, 1.82) is 0 Å². The third kappa shape index (κ3) is 7.37. The van der Waals surface area contributed by atoms with E-state index in [0.717, 1.165) is 17.8 Å². The fourth-order valence-corrected chi connectivity index (χ4v) is 9.89. The zero-order chi connectivity index (χ0) is 33.8. The summed E-state index contributed by atoms with van der Waals surface area (Å²) in [4.78, 5) is 68.7. The monoisotopic (exact) mass is 657 g/mol. The molecule has 5 amide bonds. The van der Waals surface area contributed by atoms with Gasteiger partial charge in [0.15, 0.2) is 0 Å². The van der Waals surface area contributed by atoms with Crippen LogP contribution in [0.4, 0.5) is 4.79 Å². The van der Waals surface area contributed by atoms with Crippen molar-refractivity contribution in [2.75, 3.05) is 19.6 Å². The number of rotatable bonds is 14. The maximum atomic E-state index is 14.4. The fraction of sp³-hybridized carbons (Fsp3) is 0.605. The lowest BCUT2D eigenvalue weighted by molar-refractivity contribution is -0.143. The van der Waals surface area contributed by atoms with Gasteiger partial charge in [-0.15, -0.1) is 13.2 Å². The molecular weight excluding hydrogens is 606 g/mol. The summed E-state index contributed by atoms with van der Waals surface area (Å²) < 4.78 is 0. The number of amides is 5. The number of carbonyl (C=O) groups is 5. The summed E-state index contributed by atoms with van der Waals surface area (Å²) in [6.45, 7) is 8.39. The van der Waals surface area contributed by atoms with Crippen LogP contribution in [-0.2, 0) is 32.0 Å². The lowest BCUT2D eigenvalue weighted by atomic mass is 9.49. The smallest absolute Gasteiger partial charge is 0.315 e. The van der Waals surface area contributed by atoms with E-state index in [9.17, 15) is 24.0 Å². The molecule has 1 aromatic rings. The number of fused-ring (bicyclic) bond motifs is 1. The Morgan fingerprint density at radius 1 is 0.896 bits per heavy atom. The summed E-state index contributed by atoms with van der Waals surface area (Å²) >= 11 is 0. The Morgan fingerprint density at radius 2 is 1.54 bits per heavy atom. The van der Waals surface area contributed by atoms with E-state index < -0.39 is 35.7 Å². The minimum absolute atomic E-state index is 0.132. The molecule has 258 valence electrons. The number of nitrogens with one attached hydrogen (secondary N) is 4. The van der Waals surface area contributed by atoms with Gasteiger partial charge in [0.05, 0.1) is 6.04 Å². The Morgan fingerprint density at radius 3 is 2.15 bits per heavy atom. The summed E-state index contributed by atoms with van der Waals surface area (Å²) in [5, 5.41) is 11.5. The minimum atomic E-state index is -1.05. The van der Waals surface area contributed by atoms with Crippen LogP contribution in [0.3, 0.4) is 0 Å². The van der Waals surface area contributed by atoms with Crippen molar-refractivity contribution in [2.24, 2.45) is 29.1 Å². The topological polar surface area (TPSA) is 137 Å². The van der Waals surface area contributed by atoms with E-state index >= 15 is 0 Å². The van der Waals surface area contributed by atoms with E-state index in [0.29, 0.717) is 45.2 Å². The van der Waals surface area contributed by atoms with Crippen molar-refractivity contribution in [3.63, 3.8) is 0 Å². The maximum Gasteiger partial charge on any atom is 0.315 e. The van der Waals surface area contributed by atoms with Gasteiger partial charge in [-0.25, -0.2) is 4.79 Å². The van der Waals surface area contributed by atoms with Crippen LogP contribution < -0.4 is 21.3 Å². The van der Waals surface area contributed by atoms with E-state index in [4.69, 9.17) is 0 Å². The van der Waals surface area contributed by atoms with Crippen molar-refractivity contribution in [3.05, 3.63) is 60.7 Å². The highest BCUT2D eigenvalue weighted by Gasteiger charge is 2.51. The molecule has 5 fully saturated rings. The number of likely N-dealkylation sites (tertiary alicyclic amines) is 1. The second-order valence-electron chi connectivity index (χ2n) is 15.1. The van der Waals surface area contributed by atoms with Gasteiger partial charge in [0.25, 0.3) is 5.91 Å². The molecule has 48 heavy (non-hydrogen) atoms. The van der Waals surface area contributed by atoms with Gasteiger partial charge >= 0.3 is 6.03 Å². The van der Waals surface area contributed by atoms with Crippen molar-refractivity contribution in [3.8, 4) is 0 Å². The van der Waals surface area contributed by atoms with E-state index in [1.54, 1.807) is 11.0 Å². The maximum absolute atomic E-state index is 14.4. The molecule has 0 radical (unpaired) electrons. The first-order valence-corrected chi connectivity index (χ1v) is 17.9. The lowest BCUT2D eigenvalue weighted by Crippen LogP contribution is -2.59. The third-order valence-electron chi connectivity index (χ3n) is 11.7. The second kappa shape index (κ2) is 14.7. The molecule has 10 nitrogen and oxygen atoms in total. The van der Waals surface area contributed by atoms with Gasteiger partial charge in [-0.1, -0.05) is 36.4 Å². The van der Waals surface area contributed by atoms with Crippen LogP contribution in [-0.4, -0.2) is 72.2 Å². The molecule has 6 aliphatic rings. The summed E-state index contributed by atoms with van der Waals surface area (Å²) in [6, 6.07) is 5.12. The summed E-state index contributed by atoms with van der Waals surface area (Å²) in [6.07, 6.45) is 13.6. The molecule has 1 aromatic carbocycles. The van der Waals surface area contributed by atoms with Gasteiger partial charge in [-0.2, -0.15) is 0 Å². The van der Waals surface area contributed by atoms with E-state index in [-0.39, 0.29) is 36.2 Å². The Kier molecular flexibility index (Phi) is 10.4. The summed E-state index contributed by atoms with van der Waals surface area (Å²) in [5.74, 6) is -0.126. The van der Waals surface area contributed by atoms with Gasteiger partial charge < -0.3 is 26.2 Å². The number of allylic oxidation sites excluding steroid dienone is 1. The molecule has 1 saturated heterocycles. The third-order valence-corrected chi connectivity index (χ3v) is 11.7. The molecule has 0 aromatic heterocycles. The van der Waals surface area contributed by atoms with Crippen LogP contribution in [0, 0.1) is 29.1 Å². The van der Waals surface area contributed by atoms with Gasteiger partial charge in [0.2, 0.25) is 17.6 Å². The van der Waals surface area contributed by atoms with Gasteiger partial charge in [-0.3, -0.25) is 19.2 Å². The minimum Gasteiger partial charge on any atom is -0.346 e. The normalized spacial score (nSPS) is 28.2. The summed E-state index contributed by atoms with van der Waals surface area (Å²) in [7, 11) is 0. The quantitative estimate of drug-likeness (QED) is 0.179. The number of hydrogen-bond acceptors (Lipinski definition) is 5. The number of ketones is 1. The highest BCUT2D eigenvalue weighted by Crippen LogP contribution is 2.59. The molecule has 5 aliphatic carbocycles. The molecule has 4 bridgehead atoms. The molecule has 4 saturated carbocycles. The molecule has 10 heteroatoms. The highest BCUT2D eigenvalue weighted by molar-refractivity contribution is 6.38.